The number of piperazine rings is 1. The number of nitrogens with zero attached hydrogens (tertiary/aromatic N) is 7. The highest BCUT2D eigenvalue weighted by atomic mass is 32.2. The second-order valence-corrected chi connectivity index (χ2v) is 19.0. The van der Waals surface area contributed by atoms with Crippen molar-refractivity contribution < 1.29 is 32.4 Å². The van der Waals surface area contributed by atoms with Crippen LogP contribution in [0.2, 0.25) is 0 Å². The van der Waals surface area contributed by atoms with Crippen molar-refractivity contribution in [2.24, 2.45) is 10.3 Å². The van der Waals surface area contributed by atoms with Gasteiger partial charge in [-0.05, 0) is 110 Å². The Balaban J connectivity index is 1.35. The third kappa shape index (κ3) is 9.56. The maximum Gasteiger partial charge on any atom is 0.410 e. The number of ether oxygens (including phenoxy) is 2. The first-order chi connectivity index (χ1) is 26.3. The highest BCUT2D eigenvalue weighted by Crippen LogP contribution is 2.47. The predicted molar refractivity (Wildman–Crippen MR) is 214 cm³/mol. The van der Waals surface area contributed by atoms with E-state index < -0.39 is 26.1 Å². The average molecular weight is 796 g/mol. The smallest absolute Gasteiger partial charge is 0.410 e. The number of hydrogen-bond acceptors (Lipinski definition) is 10. The normalized spacial score (nSPS) is 22.9. The molecule has 15 nitrogen and oxygen atoms in total. The molecule has 16 heteroatoms. The van der Waals surface area contributed by atoms with Crippen molar-refractivity contribution in [3.63, 3.8) is 0 Å². The zero-order valence-corrected chi connectivity index (χ0v) is 34.5. The van der Waals surface area contributed by atoms with E-state index >= 15 is 0 Å². The van der Waals surface area contributed by atoms with Gasteiger partial charge >= 0.3 is 12.2 Å². The van der Waals surface area contributed by atoms with Crippen LogP contribution in [-0.2, 0) is 19.5 Å². The number of carbonyl (C=O) groups excluding carboxylic acids is 2. The van der Waals surface area contributed by atoms with Crippen LogP contribution in [0.5, 0.6) is 0 Å². The highest BCUT2D eigenvalue weighted by molar-refractivity contribution is 7.90. The van der Waals surface area contributed by atoms with Gasteiger partial charge in [-0.25, -0.2) is 9.59 Å². The molecule has 2 aromatic carbocycles. The van der Waals surface area contributed by atoms with Crippen molar-refractivity contribution in [1.29, 1.82) is 0 Å². The molecule has 56 heavy (non-hydrogen) atoms. The molecule has 0 N–H and O–H groups in total. The Hall–Kier alpha value is -4.44. The minimum Gasteiger partial charge on any atom is -0.444 e. The van der Waals surface area contributed by atoms with Gasteiger partial charge in [0.1, 0.15) is 17.0 Å². The first kappa shape index (κ1) is 41.2. The molecule has 0 aliphatic carbocycles. The van der Waals surface area contributed by atoms with Gasteiger partial charge < -0.3 is 34.0 Å². The summed E-state index contributed by atoms with van der Waals surface area (Å²) in [6.45, 7) is 16.7. The Morgan fingerprint density at radius 1 is 0.750 bits per heavy atom. The van der Waals surface area contributed by atoms with Crippen molar-refractivity contribution in [3.8, 4) is 0 Å². The van der Waals surface area contributed by atoms with Crippen LogP contribution in [0.4, 0.5) is 21.0 Å². The fourth-order valence-corrected chi connectivity index (χ4v) is 9.24. The van der Waals surface area contributed by atoms with Crippen molar-refractivity contribution in [1.82, 2.24) is 19.6 Å². The quantitative estimate of drug-likeness (QED) is 0.241. The number of non-ortho nitro benzene ring substituents is 1. The molecule has 6 rings (SSSR count). The number of rotatable bonds is 7. The van der Waals surface area contributed by atoms with E-state index in [0.29, 0.717) is 57.7 Å². The third-order valence-corrected chi connectivity index (χ3v) is 12.4. The molecule has 2 aromatic rings. The van der Waals surface area contributed by atoms with Gasteiger partial charge in [0.25, 0.3) is 15.7 Å². The summed E-state index contributed by atoms with van der Waals surface area (Å²) in [5.41, 5.74) is 0.586. The van der Waals surface area contributed by atoms with Crippen molar-refractivity contribution in [3.05, 3.63) is 64.2 Å². The maximum absolute atomic E-state index is 14.1. The highest BCUT2D eigenvalue weighted by Gasteiger charge is 2.54. The Morgan fingerprint density at radius 3 is 1.73 bits per heavy atom. The number of nitro groups is 1. The fraction of sp³-hybridized carbons (Fsp3) is 0.625. The SMILES string of the molecule is CN1CCN(c2ccc(C3C(=NS(=O)(=O)c4ccc([N+](=O)[O-])cc4)N(C4CCN(C(=O)OC(C)(C)C)CC4)C3C3CCN(C(=O)OC(C)(C)C)CC3)cc2)CC1. The standard InChI is InChI=1S/C40H57N7O8S/c1-39(2,3)54-37(48)44-20-16-29(17-21-44)35-34(28-8-10-30(11-9-28)43-26-24-42(7)25-27-43)36(41-56(52,53)33-14-12-32(13-15-33)47(50)51)46(35)31-18-22-45(23-19-31)38(49)55-40(4,5)6/h8-15,29,31,34-35H,16-27H2,1-7H3. The third-order valence-electron chi connectivity index (χ3n) is 11.1. The van der Waals surface area contributed by atoms with Crippen LogP contribution >= 0.6 is 0 Å². The number of piperidine rings is 2. The predicted octanol–water partition coefficient (Wildman–Crippen LogP) is 5.95. The number of likely N-dealkylation sites (N-methyl/N-ethyl adjacent to an activating group) is 1. The zero-order valence-electron chi connectivity index (χ0n) is 33.7. The van der Waals surface area contributed by atoms with E-state index in [0.717, 1.165) is 37.4 Å². The lowest BCUT2D eigenvalue weighted by molar-refractivity contribution is -0.384. The molecule has 4 heterocycles. The number of benzene rings is 2. The van der Waals surface area contributed by atoms with Gasteiger partial charge in [0.05, 0.1) is 15.7 Å². The minimum absolute atomic E-state index is 0.0981. The molecule has 0 saturated carbocycles. The molecule has 0 spiro atoms. The molecular weight excluding hydrogens is 739 g/mol. The summed E-state index contributed by atoms with van der Waals surface area (Å²) >= 11 is 0. The van der Waals surface area contributed by atoms with Crippen LogP contribution in [0.1, 0.15) is 78.7 Å². The number of hydrogen-bond donors (Lipinski definition) is 0. The second-order valence-electron chi connectivity index (χ2n) is 17.4. The number of amidine groups is 1. The minimum atomic E-state index is -4.29. The van der Waals surface area contributed by atoms with Crippen LogP contribution in [-0.4, -0.2) is 134 Å². The molecule has 2 unspecified atom stereocenters. The summed E-state index contributed by atoms with van der Waals surface area (Å²) in [7, 11) is -2.17. The van der Waals surface area contributed by atoms with Gasteiger partial charge in [-0.3, -0.25) is 10.1 Å². The molecular formula is C40H57N7O8S. The van der Waals surface area contributed by atoms with E-state index in [1.165, 1.54) is 24.3 Å². The summed E-state index contributed by atoms with van der Waals surface area (Å²) in [5, 5.41) is 11.3. The van der Waals surface area contributed by atoms with E-state index in [4.69, 9.17) is 9.47 Å². The number of nitro benzene ring substituents is 1. The number of anilines is 1. The van der Waals surface area contributed by atoms with E-state index in [9.17, 15) is 28.1 Å². The molecule has 4 fully saturated rings. The summed E-state index contributed by atoms with van der Waals surface area (Å²) in [5.74, 6) is 0.151. The molecule has 4 aliphatic heterocycles. The molecule has 0 aromatic heterocycles. The van der Waals surface area contributed by atoms with E-state index in [1.54, 1.807) is 9.80 Å². The number of sulfonamides is 1. The first-order valence-electron chi connectivity index (χ1n) is 19.7. The van der Waals surface area contributed by atoms with Gasteiger partial charge in [-0.1, -0.05) is 12.1 Å². The van der Waals surface area contributed by atoms with E-state index in [-0.39, 0.29) is 46.7 Å². The average Bonchev–Trinajstić information content (AvgIpc) is 3.13. The van der Waals surface area contributed by atoms with Crippen molar-refractivity contribution >= 4 is 39.4 Å². The van der Waals surface area contributed by atoms with Gasteiger partial charge in [-0.2, -0.15) is 8.42 Å². The number of carbonyl (C=O) groups is 2. The van der Waals surface area contributed by atoms with Crippen molar-refractivity contribution in [2.75, 3.05) is 64.3 Å². The Morgan fingerprint density at radius 2 is 1.25 bits per heavy atom. The van der Waals surface area contributed by atoms with Crippen molar-refractivity contribution in [2.45, 2.75) is 101 Å². The number of likely N-dealkylation sites (tertiary alicyclic amines) is 3. The van der Waals surface area contributed by atoms with Crippen LogP contribution in [0.15, 0.2) is 57.8 Å². The molecule has 4 saturated heterocycles. The van der Waals surface area contributed by atoms with Gasteiger partial charge in [0.15, 0.2) is 0 Å². The monoisotopic (exact) mass is 795 g/mol. The molecule has 2 atom stereocenters. The lowest BCUT2D eigenvalue weighted by Gasteiger charge is -2.59. The van der Waals surface area contributed by atoms with Gasteiger partial charge in [-0.15, -0.1) is 4.40 Å². The molecule has 0 bridgehead atoms. The zero-order chi connectivity index (χ0) is 40.6. The molecule has 2 amide bonds. The second kappa shape index (κ2) is 16.2. The van der Waals surface area contributed by atoms with E-state index in [2.05, 4.69) is 50.4 Å². The fourth-order valence-electron chi connectivity index (χ4n) is 8.20. The maximum atomic E-state index is 14.1. The van der Waals surface area contributed by atoms with Crippen LogP contribution in [0, 0.1) is 16.0 Å². The Kier molecular flexibility index (Phi) is 11.9. The van der Waals surface area contributed by atoms with Crippen LogP contribution in [0.25, 0.3) is 0 Å². The Bertz CT molecular complexity index is 1870. The lowest BCUT2D eigenvalue weighted by Crippen LogP contribution is -2.68. The van der Waals surface area contributed by atoms with Gasteiger partial charge in [0.2, 0.25) is 0 Å². The number of amides is 2. The van der Waals surface area contributed by atoms with Crippen LogP contribution in [0.3, 0.4) is 0 Å². The lowest BCUT2D eigenvalue weighted by atomic mass is 9.70. The topological polar surface area (TPSA) is 158 Å². The molecule has 306 valence electrons. The summed E-state index contributed by atoms with van der Waals surface area (Å²) < 4.78 is 44.1. The summed E-state index contributed by atoms with van der Waals surface area (Å²) in [6, 6.07) is 12.9. The largest absolute Gasteiger partial charge is 0.444 e. The summed E-state index contributed by atoms with van der Waals surface area (Å²) in [6.07, 6.45) is 1.82. The summed E-state index contributed by atoms with van der Waals surface area (Å²) in [4.78, 5) is 47.0. The molecule has 0 radical (unpaired) electrons. The Labute approximate surface area is 330 Å². The first-order valence-corrected chi connectivity index (χ1v) is 21.1. The molecule has 4 aliphatic rings. The van der Waals surface area contributed by atoms with E-state index in [1.807, 2.05) is 41.5 Å². The van der Waals surface area contributed by atoms with Crippen LogP contribution < -0.4 is 4.90 Å². The van der Waals surface area contributed by atoms with Gasteiger partial charge in [0, 0.05) is 82.3 Å².